The number of aliphatic imine (C=N–C) groups is 1. The van der Waals surface area contributed by atoms with Crippen molar-refractivity contribution in [1.82, 2.24) is 4.90 Å². The predicted molar refractivity (Wildman–Crippen MR) is 60.8 cm³/mol. The summed E-state index contributed by atoms with van der Waals surface area (Å²) in [5, 5.41) is 0. The smallest absolute Gasteiger partial charge is 0.222 e. The van der Waals surface area contributed by atoms with E-state index in [2.05, 4.69) is 11.1 Å². The highest BCUT2D eigenvalue weighted by Crippen LogP contribution is 2.17. The Morgan fingerprint density at radius 2 is 2.20 bits per heavy atom. The molecule has 1 amide bonds. The van der Waals surface area contributed by atoms with E-state index in [0.29, 0.717) is 18.2 Å². The van der Waals surface area contributed by atoms with Gasteiger partial charge in [0.1, 0.15) is 0 Å². The Kier molecular flexibility index (Phi) is 3.54. The number of rotatable bonds is 3. The largest absolute Gasteiger partial charge is 0.343 e. The van der Waals surface area contributed by atoms with Gasteiger partial charge < -0.3 is 4.90 Å². The summed E-state index contributed by atoms with van der Waals surface area (Å²) in [7, 11) is 0. The standard InChI is InChI=1S/C12H18N2O/c15-12(14-9-1-2-10-14)4-3-11-5-7-13-8-6-11/h5,7-8,11H,1-4,6,9-10H2. The second kappa shape index (κ2) is 5.10. The highest BCUT2D eigenvalue weighted by molar-refractivity contribution is 5.76. The highest BCUT2D eigenvalue weighted by atomic mass is 16.2. The molecule has 3 heteroatoms. The minimum atomic E-state index is 0.336. The summed E-state index contributed by atoms with van der Waals surface area (Å²) in [4.78, 5) is 17.8. The van der Waals surface area contributed by atoms with Gasteiger partial charge in [-0.25, -0.2) is 0 Å². The molecule has 0 aromatic heterocycles. The Morgan fingerprint density at radius 1 is 1.40 bits per heavy atom. The van der Waals surface area contributed by atoms with Crippen molar-refractivity contribution in [3.05, 3.63) is 12.3 Å². The Hall–Kier alpha value is -1.12. The predicted octanol–water partition coefficient (Wildman–Crippen LogP) is 1.99. The number of amides is 1. The van der Waals surface area contributed by atoms with Gasteiger partial charge in [0.05, 0.1) is 0 Å². The molecular formula is C12H18N2O. The number of hydrogen-bond donors (Lipinski definition) is 0. The minimum absolute atomic E-state index is 0.336. The average molecular weight is 206 g/mol. The summed E-state index contributed by atoms with van der Waals surface area (Å²) < 4.78 is 0. The molecule has 0 spiro atoms. The van der Waals surface area contributed by atoms with Crippen molar-refractivity contribution in [3.8, 4) is 0 Å². The Morgan fingerprint density at radius 3 is 2.87 bits per heavy atom. The molecule has 0 saturated carbocycles. The molecule has 2 heterocycles. The zero-order chi connectivity index (χ0) is 10.5. The third kappa shape index (κ3) is 2.91. The van der Waals surface area contributed by atoms with Crippen molar-refractivity contribution in [2.45, 2.75) is 32.1 Å². The first-order chi connectivity index (χ1) is 7.36. The SMILES string of the molecule is O=C(CCC1C=CN=CC1)N1CCCC1. The van der Waals surface area contributed by atoms with Crippen LogP contribution in [-0.2, 0) is 4.79 Å². The van der Waals surface area contributed by atoms with Gasteiger partial charge in [0.25, 0.3) is 0 Å². The number of likely N-dealkylation sites (tertiary alicyclic amines) is 1. The minimum Gasteiger partial charge on any atom is -0.343 e. The van der Waals surface area contributed by atoms with E-state index in [0.717, 1.165) is 25.9 Å². The molecule has 2 aliphatic heterocycles. The zero-order valence-corrected chi connectivity index (χ0v) is 9.06. The third-order valence-electron chi connectivity index (χ3n) is 3.15. The van der Waals surface area contributed by atoms with Crippen LogP contribution in [0.5, 0.6) is 0 Å². The molecule has 1 fully saturated rings. The fourth-order valence-electron chi connectivity index (χ4n) is 2.15. The second-order valence-electron chi connectivity index (χ2n) is 4.30. The molecule has 0 radical (unpaired) electrons. The van der Waals surface area contributed by atoms with Gasteiger partial charge in [0.15, 0.2) is 0 Å². The van der Waals surface area contributed by atoms with Crippen molar-refractivity contribution in [3.63, 3.8) is 0 Å². The molecule has 1 saturated heterocycles. The average Bonchev–Trinajstić information content (AvgIpc) is 2.81. The van der Waals surface area contributed by atoms with Crippen molar-refractivity contribution >= 4 is 12.1 Å². The van der Waals surface area contributed by atoms with Crippen molar-refractivity contribution < 1.29 is 4.79 Å². The van der Waals surface area contributed by atoms with E-state index in [1.807, 2.05) is 17.3 Å². The fourth-order valence-corrected chi connectivity index (χ4v) is 2.15. The Bertz CT molecular complexity index is 277. The van der Waals surface area contributed by atoms with Gasteiger partial charge in [-0.15, -0.1) is 0 Å². The van der Waals surface area contributed by atoms with Crippen LogP contribution in [0.4, 0.5) is 0 Å². The number of nitrogens with zero attached hydrogens (tertiary/aromatic N) is 2. The van der Waals surface area contributed by atoms with E-state index < -0.39 is 0 Å². The van der Waals surface area contributed by atoms with Gasteiger partial charge >= 0.3 is 0 Å². The summed E-state index contributed by atoms with van der Waals surface area (Å²) in [5.74, 6) is 0.859. The molecule has 15 heavy (non-hydrogen) atoms. The Balaban J connectivity index is 1.70. The molecule has 0 aromatic carbocycles. The zero-order valence-electron chi connectivity index (χ0n) is 9.06. The normalized spacial score (nSPS) is 24.8. The molecule has 0 aliphatic carbocycles. The van der Waals surface area contributed by atoms with Crippen LogP contribution >= 0.6 is 0 Å². The molecule has 1 atom stereocenters. The van der Waals surface area contributed by atoms with Crippen LogP contribution < -0.4 is 0 Å². The van der Waals surface area contributed by atoms with Gasteiger partial charge in [0.2, 0.25) is 5.91 Å². The van der Waals surface area contributed by atoms with Crippen LogP contribution in [0.2, 0.25) is 0 Å². The maximum atomic E-state index is 11.8. The van der Waals surface area contributed by atoms with E-state index in [1.54, 1.807) is 0 Å². The molecular weight excluding hydrogens is 188 g/mol. The first kappa shape index (κ1) is 10.4. The van der Waals surface area contributed by atoms with Crippen molar-refractivity contribution in [1.29, 1.82) is 0 Å². The summed E-state index contributed by atoms with van der Waals surface area (Å²) in [5.41, 5.74) is 0. The van der Waals surface area contributed by atoms with Crippen molar-refractivity contribution in [2.24, 2.45) is 10.9 Å². The van der Waals surface area contributed by atoms with E-state index in [1.165, 1.54) is 12.8 Å². The molecule has 2 aliphatic rings. The third-order valence-corrected chi connectivity index (χ3v) is 3.15. The summed E-state index contributed by atoms with van der Waals surface area (Å²) in [6.07, 6.45) is 10.9. The van der Waals surface area contributed by atoms with Crippen LogP contribution in [-0.4, -0.2) is 30.1 Å². The molecule has 2 rings (SSSR count). The first-order valence-electron chi connectivity index (χ1n) is 5.82. The lowest BCUT2D eigenvalue weighted by Crippen LogP contribution is -2.27. The van der Waals surface area contributed by atoms with Crippen LogP contribution in [0.15, 0.2) is 17.3 Å². The van der Waals surface area contributed by atoms with Gasteiger partial charge in [-0.05, 0) is 31.6 Å². The van der Waals surface area contributed by atoms with Crippen LogP contribution in [0, 0.1) is 5.92 Å². The topological polar surface area (TPSA) is 32.7 Å². The van der Waals surface area contributed by atoms with E-state index >= 15 is 0 Å². The lowest BCUT2D eigenvalue weighted by Gasteiger charge is -2.17. The summed E-state index contributed by atoms with van der Waals surface area (Å²) in [6, 6.07) is 0. The van der Waals surface area contributed by atoms with Crippen molar-refractivity contribution in [2.75, 3.05) is 13.1 Å². The quantitative estimate of drug-likeness (QED) is 0.695. The highest BCUT2D eigenvalue weighted by Gasteiger charge is 2.18. The molecule has 82 valence electrons. The Labute approximate surface area is 90.9 Å². The van der Waals surface area contributed by atoms with Gasteiger partial charge in [-0.1, -0.05) is 6.08 Å². The molecule has 3 nitrogen and oxygen atoms in total. The fraction of sp³-hybridized carbons (Fsp3) is 0.667. The lowest BCUT2D eigenvalue weighted by atomic mass is 9.98. The number of carbonyl (C=O) groups excluding carboxylic acids is 1. The van der Waals surface area contributed by atoms with E-state index in [4.69, 9.17) is 0 Å². The van der Waals surface area contributed by atoms with Gasteiger partial charge in [-0.3, -0.25) is 9.79 Å². The second-order valence-corrected chi connectivity index (χ2v) is 4.30. The van der Waals surface area contributed by atoms with E-state index in [9.17, 15) is 4.79 Å². The van der Waals surface area contributed by atoms with Crippen LogP contribution in [0.1, 0.15) is 32.1 Å². The maximum absolute atomic E-state index is 11.8. The molecule has 1 unspecified atom stereocenters. The van der Waals surface area contributed by atoms with Gasteiger partial charge in [-0.2, -0.15) is 0 Å². The number of carbonyl (C=O) groups is 1. The summed E-state index contributed by atoms with van der Waals surface area (Å²) >= 11 is 0. The van der Waals surface area contributed by atoms with Gasteiger partial charge in [0, 0.05) is 31.9 Å². The number of allylic oxidation sites excluding steroid dienone is 1. The van der Waals surface area contributed by atoms with Crippen LogP contribution in [0.3, 0.4) is 0 Å². The monoisotopic (exact) mass is 206 g/mol. The first-order valence-corrected chi connectivity index (χ1v) is 5.82. The number of hydrogen-bond acceptors (Lipinski definition) is 2. The van der Waals surface area contributed by atoms with Crippen LogP contribution in [0.25, 0.3) is 0 Å². The molecule has 0 bridgehead atoms. The molecule has 0 N–H and O–H groups in total. The molecule has 0 aromatic rings. The van der Waals surface area contributed by atoms with E-state index in [-0.39, 0.29) is 0 Å². The summed E-state index contributed by atoms with van der Waals surface area (Å²) in [6.45, 7) is 1.95. The lowest BCUT2D eigenvalue weighted by molar-refractivity contribution is -0.130. The maximum Gasteiger partial charge on any atom is 0.222 e.